The number of carboxylic acid groups (broad SMARTS) is 1. The van der Waals surface area contributed by atoms with Crippen molar-refractivity contribution in [2.24, 2.45) is 5.92 Å². The van der Waals surface area contributed by atoms with Crippen molar-refractivity contribution in [1.29, 1.82) is 0 Å². The second kappa shape index (κ2) is 6.82. The highest BCUT2D eigenvalue weighted by atomic mass is 19.1. The minimum atomic E-state index is -1.05. The smallest absolute Gasteiger partial charge is 0.337 e. The van der Waals surface area contributed by atoms with E-state index in [4.69, 9.17) is 0 Å². The molecular weight excluding hydrogens is 329 g/mol. The SMILES string of the molecule is COC(=O)c1cc(F)cc(C(=O)N2C(C(=O)O)CC3CCCCC32)c1. The number of benzene rings is 1. The zero-order chi connectivity index (χ0) is 18.1. The minimum Gasteiger partial charge on any atom is -0.480 e. The minimum absolute atomic E-state index is 0.0297. The summed E-state index contributed by atoms with van der Waals surface area (Å²) >= 11 is 0. The van der Waals surface area contributed by atoms with Crippen LogP contribution >= 0.6 is 0 Å². The van der Waals surface area contributed by atoms with Crippen LogP contribution in [0.5, 0.6) is 0 Å². The molecule has 1 aromatic rings. The molecule has 1 aliphatic heterocycles. The Bertz CT molecular complexity index is 719. The molecule has 1 aliphatic carbocycles. The van der Waals surface area contributed by atoms with E-state index in [2.05, 4.69) is 4.74 Å². The van der Waals surface area contributed by atoms with Gasteiger partial charge < -0.3 is 14.7 Å². The Morgan fingerprint density at radius 2 is 1.84 bits per heavy atom. The zero-order valence-electron chi connectivity index (χ0n) is 13.9. The van der Waals surface area contributed by atoms with E-state index in [1.807, 2.05) is 0 Å². The molecule has 0 bridgehead atoms. The molecule has 25 heavy (non-hydrogen) atoms. The summed E-state index contributed by atoms with van der Waals surface area (Å²) in [6.07, 6.45) is 4.04. The summed E-state index contributed by atoms with van der Waals surface area (Å²) in [6, 6.07) is 2.22. The lowest BCUT2D eigenvalue weighted by Gasteiger charge is -2.33. The van der Waals surface area contributed by atoms with E-state index in [-0.39, 0.29) is 23.1 Å². The zero-order valence-corrected chi connectivity index (χ0v) is 13.9. The lowest BCUT2D eigenvalue weighted by atomic mass is 9.84. The average Bonchev–Trinajstić information content (AvgIpc) is 2.99. The lowest BCUT2D eigenvalue weighted by Crippen LogP contribution is -2.46. The number of esters is 1. The molecule has 7 heteroatoms. The molecule has 0 radical (unpaired) electrons. The molecular formula is C18H20FNO5. The first-order valence-corrected chi connectivity index (χ1v) is 8.36. The van der Waals surface area contributed by atoms with Crippen LogP contribution in [-0.2, 0) is 9.53 Å². The fraction of sp³-hybridized carbons (Fsp3) is 0.500. The molecule has 1 saturated carbocycles. The van der Waals surface area contributed by atoms with Crippen molar-refractivity contribution in [2.75, 3.05) is 7.11 Å². The maximum Gasteiger partial charge on any atom is 0.337 e. The van der Waals surface area contributed by atoms with Crippen LogP contribution in [0.15, 0.2) is 18.2 Å². The second-order valence-corrected chi connectivity index (χ2v) is 6.63. The summed E-state index contributed by atoms with van der Waals surface area (Å²) in [6.45, 7) is 0. The van der Waals surface area contributed by atoms with Crippen LogP contribution in [0, 0.1) is 11.7 Å². The number of carbonyl (C=O) groups excluding carboxylic acids is 2. The van der Waals surface area contributed by atoms with Crippen molar-refractivity contribution in [2.45, 2.75) is 44.2 Å². The largest absolute Gasteiger partial charge is 0.480 e. The first kappa shape index (κ1) is 17.4. The third-order valence-corrected chi connectivity index (χ3v) is 5.17. The van der Waals surface area contributed by atoms with Gasteiger partial charge in [-0.05, 0) is 43.4 Å². The van der Waals surface area contributed by atoms with E-state index >= 15 is 0 Å². The van der Waals surface area contributed by atoms with Crippen molar-refractivity contribution in [3.63, 3.8) is 0 Å². The molecule has 134 valence electrons. The molecule has 3 unspecified atom stereocenters. The number of fused-ring (bicyclic) bond motifs is 1. The monoisotopic (exact) mass is 349 g/mol. The maximum absolute atomic E-state index is 13.9. The molecule has 3 rings (SSSR count). The van der Waals surface area contributed by atoms with E-state index in [1.165, 1.54) is 18.1 Å². The predicted molar refractivity (Wildman–Crippen MR) is 85.7 cm³/mol. The van der Waals surface area contributed by atoms with Crippen LogP contribution in [0.3, 0.4) is 0 Å². The highest BCUT2D eigenvalue weighted by Gasteiger charge is 2.47. The third kappa shape index (κ3) is 3.23. The van der Waals surface area contributed by atoms with Gasteiger partial charge in [0.25, 0.3) is 5.91 Å². The Hall–Kier alpha value is -2.44. The van der Waals surface area contributed by atoms with Crippen LogP contribution in [0.1, 0.15) is 52.8 Å². The molecule has 1 saturated heterocycles. The van der Waals surface area contributed by atoms with E-state index in [9.17, 15) is 23.9 Å². The number of ether oxygens (including phenoxy) is 1. The number of aliphatic carboxylic acids is 1. The molecule has 1 aromatic carbocycles. The van der Waals surface area contributed by atoms with E-state index in [0.29, 0.717) is 6.42 Å². The second-order valence-electron chi connectivity index (χ2n) is 6.63. The molecule has 6 nitrogen and oxygen atoms in total. The van der Waals surface area contributed by atoms with Gasteiger partial charge in [0, 0.05) is 11.6 Å². The number of halogens is 1. The standard InChI is InChI=1S/C18H20FNO5/c1-25-18(24)12-6-11(7-13(19)8-12)16(21)20-14-5-3-2-4-10(14)9-15(20)17(22)23/h6-8,10,14-15H,2-5,9H2,1H3,(H,22,23). The quantitative estimate of drug-likeness (QED) is 0.848. The number of hydrogen-bond donors (Lipinski definition) is 1. The van der Waals surface area contributed by atoms with E-state index in [1.54, 1.807) is 0 Å². The molecule has 1 amide bonds. The van der Waals surface area contributed by atoms with Crippen molar-refractivity contribution in [3.05, 3.63) is 35.1 Å². The van der Waals surface area contributed by atoms with Crippen molar-refractivity contribution < 1.29 is 28.6 Å². The number of methoxy groups -OCH3 is 1. The van der Waals surface area contributed by atoms with Gasteiger partial charge in [-0.15, -0.1) is 0 Å². The van der Waals surface area contributed by atoms with Crippen LogP contribution in [0.4, 0.5) is 4.39 Å². The average molecular weight is 349 g/mol. The summed E-state index contributed by atoms with van der Waals surface area (Å²) in [5, 5.41) is 9.52. The number of carbonyl (C=O) groups is 3. The predicted octanol–water partition coefficient (Wildman–Crippen LogP) is 2.47. The number of likely N-dealkylation sites (tertiary alicyclic amines) is 1. The maximum atomic E-state index is 13.9. The lowest BCUT2D eigenvalue weighted by molar-refractivity contribution is -0.141. The van der Waals surface area contributed by atoms with Crippen molar-refractivity contribution in [1.82, 2.24) is 4.90 Å². The topological polar surface area (TPSA) is 83.9 Å². The Morgan fingerprint density at radius 1 is 1.16 bits per heavy atom. The molecule has 2 aliphatic rings. The molecule has 1 heterocycles. The van der Waals surface area contributed by atoms with Crippen LogP contribution in [0.2, 0.25) is 0 Å². The van der Waals surface area contributed by atoms with Crippen LogP contribution in [0.25, 0.3) is 0 Å². The summed E-state index contributed by atoms with van der Waals surface area (Å²) in [4.78, 5) is 37.6. The highest BCUT2D eigenvalue weighted by Crippen LogP contribution is 2.40. The van der Waals surface area contributed by atoms with Gasteiger partial charge in [-0.2, -0.15) is 0 Å². The van der Waals surface area contributed by atoms with Gasteiger partial charge in [0.05, 0.1) is 12.7 Å². The normalized spacial score (nSPS) is 25.4. The fourth-order valence-corrected chi connectivity index (χ4v) is 4.07. The number of nitrogens with zero attached hydrogens (tertiary/aromatic N) is 1. The fourth-order valence-electron chi connectivity index (χ4n) is 4.07. The van der Waals surface area contributed by atoms with E-state index in [0.717, 1.165) is 37.8 Å². The number of hydrogen-bond acceptors (Lipinski definition) is 4. The summed E-state index contributed by atoms with van der Waals surface area (Å²) in [5.41, 5.74) is -0.102. The Labute approximate surface area is 144 Å². The van der Waals surface area contributed by atoms with Gasteiger partial charge in [-0.25, -0.2) is 14.0 Å². The van der Waals surface area contributed by atoms with E-state index < -0.39 is 29.7 Å². The van der Waals surface area contributed by atoms with Crippen molar-refractivity contribution >= 4 is 17.8 Å². The first-order chi connectivity index (χ1) is 11.9. The number of rotatable bonds is 3. The van der Waals surface area contributed by atoms with Gasteiger partial charge >= 0.3 is 11.9 Å². The molecule has 0 spiro atoms. The van der Waals surface area contributed by atoms with Gasteiger partial charge in [0.2, 0.25) is 0 Å². The Balaban J connectivity index is 1.96. The highest BCUT2D eigenvalue weighted by molar-refractivity contribution is 6.00. The molecule has 1 N–H and O–H groups in total. The number of carboxylic acids is 1. The van der Waals surface area contributed by atoms with Gasteiger partial charge in [-0.3, -0.25) is 4.79 Å². The van der Waals surface area contributed by atoms with Gasteiger partial charge in [-0.1, -0.05) is 12.8 Å². The first-order valence-electron chi connectivity index (χ1n) is 8.36. The molecule has 0 aromatic heterocycles. The van der Waals surface area contributed by atoms with Crippen LogP contribution in [-0.4, -0.2) is 47.0 Å². The van der Waals surface area contributed by atoms with Gasteiger partial charge in [0.15, 0.2) is 0 Å². The number of amides is 1. The van der Waals surface area contributed by atoms with Gasteiger partial charge in [0.1, 0.15) is 11.9 Å². The molecule has 3 atom stereocenters. The Kier molecular flexibility index (Phi) is 4.74. The Morgan fingerprint density at radius 3 is 2.52 bits per heavy atom. The summed E-state index contributed by atoms with van der Waals surface area (Å²) in [7, 11) is 1.17. The third-order valence-electron chi connectivity index (χ3n) is 5.17. The van der Waals surface area contributed by atoms with Crippen LogP contribution < -0.4 is 0 Å². The molecule has 2 fully saturated rings. The summed E-state index contributed by atoms with van der Waals surface area (Å²) in [5.74, 6) is -2.93. The van der Waals surface area contributed by atoms with Crippen molar-refractivity contribution in [3.8, 4) is 0 Å². The summed E-state index contributed by atoms with van der Waals surface area (Å²) < 4.78 is 18.4.